The molecule has 0 aliphatic heterocycles. The van der Waals surface area contributed by atoms with Gasteiger partial charge in [0.25, 0.3) is 0 Å². The van der Waals surface area contributed by atoms with Crippen LogP contribution in [0.1, 0.15) is 43.0 Å². The van der Waals surface area contributed by atoms with Crippen LogP contribution in [0.15, 0.2) is 11.4 Å². The van der Waals surface area contributed by atoms with E-state index in [2.05, 4.69) is 18.3 Å². The molecule has 98 valence electrons. The van der Waals surface area contributed by atoms with Crippen LogP contribution in [0.25, 0.3) is 0 Å². The number of thiophene rings is 1. The Morgan fingerprint density at radius 2 is 2.28 bits per heavy atom. The molecule has 18 heavy (non-hydrogen) atoms. The Hall–Kier alpha value is -0.890. The van der Waals surface area contributed by atoms with Crippen molar-refractivity contribution in [2.24, 2.45) is 5.92 Å². The Labute approximate surface area is 112 Å². The van der Waals surface area contributed by atoms with Crippen LogP contribution in [0, 0.1) is 17.2 Å². The first-order valence-corrected chi connectivity index (χ1v) is 7.39. The number of hydrogen-bond acceptors (Lipinski definition) is 4. The Morgan fingerprint density at radius 1 is 1.56 bits per heavy atom. The first-order chi connectivity index (χ1) is 8.67. The summed E-state index contributed by atoms with van der Waals surface area (Å²) in [5.41, 5.74) is 0.621. The molecule has 2 rings (SSSR count). The van der Waals surface area contributed by atoms with Crippen molar-refractivity contribution in [2.75, 3.05) is 6.61 Å². The van der Waals surface area contributed by atoms with Gasteiger partial charge in [-0.25, -0.2) is 0 Å². The predicted molar refractivity (Wildman–Crippen MR) is 73.3 cm³/mol. The monoisotopic (exact) mass is 264 g/mol. The van der Waals surface area contributed by atoms with E-state index >= 15 is 0 Å². The third kappa shape index (κ3) is 3.11. The zero-order valence-electron chi connectivity index (χ0n) is 10.8. The van der Waals surface area contributed by atoms with Gasteiger partial charge < -0.3 is 10.4 Å². The second kappa shape index (κ2) is 5.83. The molecule has 1 aromatic rings. The number of aliphatic hydroxyl groups is 1. The first kappa shape index (κ1) is 13.5. The highest BCUT2D eigenvalue weighted by Crippen LogP contribution is 2.32. The third-order valence-electron chi connectivity index (χ3n) is 3.95. The summed E-state index contributed by atoms with van der Waals surface area (Å²) in [7, 11) is 0. The minimum absolute atomic E-state index is 0.108. The number of hydrogen-bond donors (Lipinski definition) is 2. The van der Waals surface area contributed by atoms with Gasteiger partial charge in [-0.15, -0.1) is 11.3 Å². The summed E-state index contributed by atoms with van der Waals surface area (Å²) in [6.45, 7) is 3.23. The Balaban J connectivity index is 1.93. The molecular formula is C14H20N2OS. The van der Waals surface area contributed by atoms with Crippen molar-refractivity contribution in [1.29, 1.82) is 5.26 Å². The van der Waals surface area contributed by atoms with E-state index in [0.29, 0.717) is 0 Å². The van der Waals surface area contributed by atoms with Crippen LogP contribution in [0.4, 0.5) is 0 Å². The van der Waals surface area contributed by atoms with Gasteiger partial charge in [0.1, 0.15) is 6.07 Å². The number of nitriles is 1. The van der Waals surface area contributed by atoms with Crippen LogP contribution in [0.5, 0.6) is 0 Å². The maximum absolute atomic E-state index is 9.65. The molecule has 3 nitrogen and oxygen atoms in total. The first-order valence-electron chi connectivity index (χ1n) is 6.51. The zero-order valence-corrected chi connectivity index (χ0v) is 11.6. The molecule has 1 saturated carbocycles. The fraction of sp³-hybridized carbons (Fsp3) is 0.643. The molecule has 0 radical (unpaired) electrons. The standard InChI is InChI=1S/C14H20N2OS/c1-11-2-4-14(10-17,5-3-11)16-8-13-6-12(7-15)9-18-13/h6,9,11,16-17H,2-5,8,10H2,1H3. The quantitative estimate of drug-likeness (QED) is 0.879. The van der Waals surface area contributed by atoms with Crippen molar-refractivity contribution in [1.82, 2.24) is 5.32 Å². The lowest BCUT2D eigenvalue weighted by Gasteiger charge is -2.39. The minimum atomic E-state index is -0.108. The van der Waals surface area contributed by atoms with Gasteiger partial charge in [-0.2, -0.15) is 5.26 Å². The molecule has 0 unspecified atom stereocenters. The normalized spacial score (nSPS) is 27.9. The summed E-state index contributed by atoms with van der Waals surface area (Å²) in [6, 6.07) is 4.07. The predicted octanol–water partition coefficient (Wildman–Crippen LogP) is 2.65. The zero-order chi connectivity index (χ0) is 13.0. The van der Waals surface area contributed by atoms with E-state index in [1.54, 1.807) is 11.3 Å². The molecule has 2 N–H and O–H groups in total. The van der Waals surface area contributed by atoms with Crippen molar-refractivity contribution >= 4 is 11.3 Å². The van der Waals surface area contributed by atoms with E-state index in [9.17, 15) is 5.11 Å². The lowest BCUT2D eigenvalue weighted by molar-refractivity contribution is 0.104. The van der Waals surface area contributed by atoms with Crippen LogP contribution >= 0.6 is 11.3 Å². The fourth-order valence-corrected chi connectivity index (χ4v) is 3.26. The minimum Gasteiger partial charge on any atom is -0.394 e. The summed E-state index contributed by atoms with van der Waals surface area (Å²) in [6.07, 6.45) is 4.45. The maximum atomic E-state index is 9.65. The summed E-state index contributed by atoms with van der Waals surface area (Å²) >= 11 is 1.61. The van der Waals surface area contributed by atoms with Gasteiger partial charge in [-0.1, -0.05) is 6.92 Å². The van der Waals surface area contributed by atoms with E-state index in [0.717, 1.165) is 35.7 Å². The van der Waals surface area contributed by atoms with Crippen molar-refractivity contribution < 1.29 is 5.11 Å². The molecule has 0 aromatic carbocycles. The molecule has 4 heteroatoms. The molecule has 1 aromatic heterocycles. The number of rotatable bonds is 4. The molecule has 1 aliphatic rings. The molecule has 1 fully saturated rings. The second-order valence-corrected chi connectivity index (χ2v) is 6.38. The SMILES string of the molecule is CC1CCC(CO)(NCc2cc(C#N)cs2)CC1. The maximum Gasteiger partial charge on any atom is 0.100 e. The summed E-state index contributed by atoms with van der Waals surface area (Å²) in [4.78, 5) is 1.16. The van der Waals surface area contributed by atoms with Gasteiger partial charge >= 0.3 is 0 Å². The summed E-state index contributed by atoms with van der Waals surface area (Å²) < 4.78 is 0. The van der Waals surface area contributed by atoms with E-state index in [4.69, 9.17) is 5.26 Å². The van der Waals surface area contributed by atoms with E-state index < -0.39 is 0 Å². The lowest BCUT2D eigenvalue weighted by Crippen LogP contribution is -2.50. The Morgan fingerprint density at radius 3 is 2.83 bits per heavy atom. The van der Waals surface area contributed by atoms with Crippen LogP contribution in [0.3, 0.4) is 0 Å². The van der Waals surface area contributed by atoms with E-state index in [1.807, 2.05) is 11.4 Å². The molecule has 0 atom stereocenters. The van der Waals surface area contributed by atoms with Gasteiger partial charge in [0.15, 0.2) is 0 Å². The van der Waals surface area contributed by atoms with Crippen LogP contribution < -0.4 is 5.32 Å². The van der Waals surface area contributed by atoms with Crippen molar-refractivity contribution in [3.8, 4) is 6.07 Å². The molecule has 0 saturated heterocycles. The Bertz CT molecular complexity index is 427. The topological polar surface area (TPSA) is 56.0 Å². The highest BCUT2D eigenvalue weighted by molar-refractivity contribution is 7.10. The van der Waals surface area contributed by atoms with Crippen molar-refractivity contribution in [2.45, 2.75) is 44.7 Å². The molecule has 1 aliphatic carbocycles. The van der Waals surface area contributed by atoms with E-state index in [1.165, 1.54) is 12.8 Å². The smallest absolute Gasteiger partial charge is 0.100 e. The van der Waals surface area contributed by atoms with Crippen LogP contribution in [-0.4, -0.2) is 17.3 Å². The van der Waals surface area contributed by atoms with Crippen molar-refractivity contribution in [3.05, 3.63) is 21.9 Å². The van der Waals surface area contributed by atoms with Gasteiger partial charge in [-0.3, -0.25) is 0 Å². The highest BCUT2D eigenvalue weighted by Gasteiger charge is 2.32. The average molecular weight is 264 g/mol. The molecular weight excluding hydrogens is 244 g/mol. The van der Waals surface area contributed by atoms with Crippen LogP contribution in [0.2, 0.25) is 0 Å². The largest absolute Gasteiger partial charge is 0.394 e. The average Bonchev–Trinajstić information content (AvgIpc) is 2.87. The fourth-order valence-electron chi connectivity index (χ4n) is 2.51. The second-order valence-electron chi connectivity index (χ2n) is 5.39. The summed E-state index contributed by atoms with van der Waals surface area (Å²) in [5.74, 6) is 0.776. The molecule has 0 amide bonds. The number of nitrogens with zero attached hydrogens (tertiary/aromatic N) is 1. The molecule has 0 bridgehead atoms. The van der Waals surface area contributed by atoms with E-state index in [-0.39, 0.29) is 12.1 Å². The highest BCUT2D eigenvalue weighted by atomic mass is 32.1. The Kier molecular flexibility index (Phi) is 4.39. The van der Waals surface area contributed by atoms with Gasteiger partial charge in [0.05, 0.1) is 12.2 Å². The molecule has 0 spiro atoms. The van der Waals surface area contributed by atoms with Crippen LogP contribution in [-0.2, 0) is 6.54 Å². The van der Waals surface area contributed by atoms with Gasteiger partial charge in [-0.05, 0) is 37.7 Å². The van der Waals surface area contributed by atoms with Gasteiger partial charge in [0, 0.05) is 22.3 Å². The lowest BCUT2D eigenvalue weighted by atomic mass is 9.77. The summed E-state index contributed by atoms with van der Waals surface area (Å²) in [5, 5.41) is 23.8. The van der Waals surface area contributed by atoms with Crippen molar-refractivity contribution in [3.63, 3.8) is 0 Å². The third-order valence-corrected chi connectivity index (χ3v) is 4.89. The molecule has 1 heterocycles. The van der Waals surface area contributed by atoms with Gasteiger partial charge in [0.2, 0.25) is 0 Å². The number of nitrogens with one attached hydrogen (secondary N) is 1. The number of aliphatic hydroxyl groups excluding tert-OH is 1.